The zero-order valence-electron chi connectivity index (χ0n) is 13.9. The molecule has 0 bridgehead atoms. The molecule has 0 aliphatic rings. The first-order chi connectivity index (χ1) is 11.8. The summed E-state index contributed by atoms with van der Waals surface area (Å²) in [6, 6.07) is 13.4. The summed E-state index contributed by atoms with van der Waals surface area (Å²) in [5, 5.41) is 0. The van der Waals surface area contributed by atoms with Gasteiger partial charge in [-0.3, -0.25) is 4.79 Å². The number of carbonyl (C=O) groups excluding carboxylic acids is 1. The van der Waals surface area contributed by atoms with Crippen molar-refractivity contribution in [2.75, 3.05) is 19.4 Å². The highest BCUT2D eigenvalue weighted by molar-refractivity contribution is 7.89. The molecular formula is C17H21N3O4S. The van der Waals surface area contributed by atoms with E-state index in [0.717, 1.165) is 5.56 Å². The van der Waals surface area contributed by atoms with Crippen molar-refractivity contribution in [1.82, 2.24) is 4.31 Å². The molecule has 25 heavy (non-hydrogen) atoms. The summed E-state index contributed by atoms with van der Waals surface area (Å²) >= 11 is 0. The van der Waals surface area contributed by atoms with Crippen LogP contribution >= 0.6 is 0 Å². The molecule has 2 aromatic carbocycles. The van der Waals surface area contributed by atoms with Gasteiger partial charge >= 0.3 is 0 Å². The molecule has 0 saturated carbocycles. The summed E-state index contributed by atoms with van der Waals surface area (Å²) < 4.78 is 32.2. The topological polar surface area (TPSA) is 116 Å². The molecule has 7 nitrogen and oxygen atoms in total. The Kier molecular flexibility index (Phi) is 6.00. The number of methoxy groups -OCH3 is 1. The van der Waals surface area contributed by atoms with Crippen molar-refractivity contribution in [3.63, 3.8) is 0 Å². The van der Waals surface area contributed by atoms with Gasteiger partial charge in [0.15, 0.2) is 0 Å². The summed E-state index contributed by atoms with van der Waals surface area (Å²) in [6.07, 6.45) is -0.0717. The molecule has 2 rings (SSSR count). The van der Waals surface area contributed by atoms with Crippen LogP contribution in [0.3, 0.4) is 0 Å². The molecule has 4 N–H and O–H groups in total. The number of benzene rings is 2. The third-order valence-corrected chi connectivity index (χ3v) is 5.49. The maximum atomic E-state index is 13.0. The zero-order chi connectivity index (χ0) is 18.4. The van der Waals surface area contributed by atoms with E-state index in [9.17, 15) is 13.2 Å². The van der Waals surface area contributed by atoms with Crippen LogP contribution in [0.5, 0.6) is 5.75 Å². The SMILES string of the molecule is COc1ccc(S(=O)(=O)N(CCC(N)=O)Cc2ccccc2)cc1N. The maximum Gasteiger partial charge on any atom is 0.243 e. The van der Waals surface area contributed by atoms with Gasteiger partial charge in [0, 0.05) is 19.5 Å². The fourth-order valence-electron chi connectivity index (χ4n) is 2.33. The smallest absolute Gasteiger partial charge is 0.243 e. The fraction of sp³-hybridized carbons (Fsp3) is 0.235. The van der Waals surface area contributed by atoms with E-state index in [-0.39, 0.29) is 30.1 Å². The summed E-state index contributed by atoms with van der Waals surface area (Å²) in [4.78, 5) is 11.2. The third-order valence-electron chi connectivity index (χ3n) is 3.65. The molecule has 0 atom stereocenters. The predicted octanol–water partition coefficient (Wildman–Crippen LogP) is 1.34. The van der Waals surface area contributed by atoms with Crippen LogP contribution in [0.15, 0.2) is 53.4 Å². The minimum atomic E-state index is -3.85. The van der Waals surface area contributed by atoms with E-state index >= 15 is 0 Å². The fourth-order valence-corrected chi connectivity index (χ4v) is 3.79. The second-order valence-electron chi connectivity index (χ2n) is 5.44. The van der Waals surface area contributed by atoms with Gasteiger partial charge in [-0.25, -0.2) is 8.42 Å². The number of nitrogen functional groups attached to an aromatic ring is 1. The van der Waals surface area contributed by atoms with Crippen molar-refractivity contribution < 1.29 is 17.9 Å². The average Bonchev–Trinajstić information content (AvgIpc) is 2.59. The first-order valence-electron chi connectivity index (χ1n) is 7.60. The van der Waals surface area contributed by atoms with Crippen LogP contribution in [-0.4, -0.2) is 32.3 Å². The van der Waals surface area contributed by atoms with Gasteiger partial charge in [0.25, 0.3) is 0 Å². The van der Waals surface area contributed by atoms with Crippen LogP contribution in [0.2, 0.25) is 0 Å². The molecule has 0 aliphatic carbocycles. The van der Waals surface area contributed by atoms with E-state index in [1.807, 2.05) is 30.3 Å². The standard InChI is InChI=1S/C17H21N3O4S/c1-24-16-8-7-14(11-15(16)18)25(22,23)20(10-9-17(19)21)12-13-5-3-2-4-6-13/h2-8,11H,9-10,12,18H2,1H3,(H2,19,21). The van der Waals surface area contributed by atoms with Gasteiger partial charge in [0.05, 0.1) is 17.7 Å². The number of amides is 1. The molecule has 1 amide bonds. The second kappa shape index (κ2) is 8.00. The lowest BCUT2D eigenvalue weighted by molar-refractivity contribution is -0.118. The maximum absolute atomic E-state index is 13.0. The van der Waals surface area contributed by atoms with Crippen LogP contribution in [0, 0.1) is 0 Å². The Morgan fingerprint density at radius 3 is 2.40 bits per heavy atom. The van der Waals surface area contributed by atoms with Crippen LogP contribution in [-0.2, 0) is 21.4 Å². The largest absolute Gasteiger partial charge is 0.495 e. The van der Waals surface area contributed by atoms with Crippen molar-refractivity contribution in [2.45, 2.75) is 17.9 Å². The Hall–Kier alpha value is -2.58. The van der Waals surface area contributed by atoms with Gasteiger partial charge in [-0.2, -0.15) is 4.31 Å². The molecule has 0 radical (unpaired) electrons. The molecule has 0 spiro atoms. The Balaban J connectivity index is 2.36. The minimum absolute atomic E-state index is 0.0154. The first kappa shape index (κ1) is 18.8. The highest BCUT2D eigenvalue weighted by Gasteiger charge is 2.25. The number of nitrogens with two attached hydrogens (primary N) is 2. The van der Waals surface area contributed by atoms with E-state index in [2.05, 4.69) is 0 Å². The number of primary amides is 1. The monoisotopic (exact) mass is 363 g/mol. The highest BCUT2D eigenvalue weighted by Crippen LogP contribution is 2.27. The Labute approximate surface area is 147 Å². The van der Waals surface area contributed by atoms with E-state index in [4.69, 9.17) is 16.2 Å². The van der Waals surface area contributed by atoms with Crippen LogP contribution in [0.25, 0.3) is 0 Å². The number of carbonyl (C=O) groups is 1. The Bertz CT molecular complexity index is 838. The van der Waals surface area contributed by atoms with Crippen LogP contribution < -0.4 is 16.2 Å². The van der Waals surface area contributed by atoms with Gasteiger partial charge < -0.3 is 16.2 Å². The molecule has 0 saturated heterocycles. The number of hydrogen-bond donors (Lipinski definition) is 2. The van der Waals surface area contributed by atoms with E-state index in [1.54, 1.807) is 0 Å². The summed E-state index contributed by atoms with van der Waals surface area (Å²) in [7, 11) is -2.40. The third kappa shape index (κ3) is 4.71. The Morgan fingerprint density at radius 1 is 1.16 bits per heavy atom. The number of rotatable bonds is 8. The number of nitrogens with zero attached hydrogens (tertiary/aromatic N) is 1. The van der Waals surface area contributed by atoms with Gasteiger partial charge in [0.2, 0.25) is 15.9 Å². The van der Waals surface area contributed by atoms with Gasteiger partial charge in [-0.05, 0) is 23.8 Å². The summed E-state index contributed by atoms with van der Waals surface area (Å²) in [5.41, 5.74) is 12.0. The molecule has 0 unspecified atom stereocenters. The van der Waals surface area contributed by atoms with Crippen LogP contribution in [0.4, 0.5) is 5.69 Å². The number of sulfonamides is 1. The molecule has 8 heteroatoms. The number of ether oxygens (including phenoxy) is 1. The summed E-state index contributed by atoms with van der Waals surface area (Å²) in [6.45, 7) is 0.112. The number of hydrogen-bond acceptors (Lipinski definition) is 5. The molecule has 0 heterocycles. The zero-order valence-corrected chi connectivity index (χ0v) is 14.7. The van der Waals surface area contributed by atoms with Crippen molar-refractivity contribution >= 4 is 21.6 Å². The van der Waals surface area contributed by atoms with E-state index < -0.39 is 15.9 Å². The lowest BCUT2D eigenvalue weighted by Gasteiger charge is -2.22. The van der Waals surface area contributed by atoms with Gasteiger partial charge in [-0.15, -0.1) is 0 Å². The Morgan fingerprint density at radius 2 is 1.84 bits per heavy atom. The molecular weight excluding hydrogens is 342 g/mol. The quantitative estimate of drug-likeness (QED) is 0.687. The average molecular weight is 363 g/mol. The molecule has 0 aliphatic heterocycles. The van der Waals surface area contributed by atoms with Crippen molar-refractivity contribution in [3.05, 3.63) is 54.1 Å². The lowest BCUT2D eigenvalue weighted by atomic mass is 10.2. The normalized spacial score (nSPS) is 11.4. The lowest BCUT2D eigenvalue weighted by Crippen LogP contribution is -2.33. The van der Waals surface area contributed by atoms with E-state index in [0.29, 0.717) is 5.75 Å². The van der Waals surface area contributed by atoms with Gasteiger partial charge in [-0.1, -0.05) is 30.3 Å². The first-order valence-corrected chi connectivity index (χ1v) is 9.04. The number of anilines is 1. The predicted molar refractivity (Wildman–Crippen MR) is 95.3 cm³/mol. The second-order valence-corrected chi connectivity index (χ2v) is 7.38. The van der Waals surface area contributed by atoms with E-state index in [1.165, 1.54) is 29.6 Å². The highest BCUT2D eigenvalue weighted by atomic mass is 32.2. The molecule has 2 aromatic rings. The molecule has 0 aromatic heterocycles. The minimum Gasteiger partial charge on any atom is -0.495 e. The summed E-state index contributed by atoms with van der Waals surface area (Å²) in [5.74, 6) is -0.173. The molecule has 134 valence electrons. The van der Waals surface area contributed by atoms with Crippen molar-refractivity contribution in [2.24, 2.45) is 5.73 Å². The van der Waals surface area contributed by atoms with Crippen molar-refractivity contribution in [3.8, 4) is 5.75 Å². The van der Waals surface area contributed by atoms with Crippen molar-refractivity contribution in [1.29, 1.82) is 0 Å². The van der Waals surface area contributed by atoms with Gasteiger partial charge in [0.1, 0.15) is 5.75 Å². The van der Waals surface area contributed by atoms with Crippen LogP contribution in [0.1, 0.15) is 12.0 Å². The molecule has 0 fully saturated rings.